The molecule has 1 aliphatic heterocycles. The van der Waals surface area contributed by atoms with Crippen molar-refractivity contribution < 1.29 is 5.11 Å². The summed E-state index contributed by atoms with van der Waals surface area (Å²) < 4.78 is 0. The van der Waals surface area contributed by atoms with Crippen molar-refractivity contribution in [2.24, 2.45) is 5.92 Å². The van der Waals surface area contributed by atoms with Crippen LogP contribution in [0.4, 0.5) is 0 Å². The van der Waals surface area contributed by atoms with Crippen molar-refractivity contribution in [2.45, 2.75) is 45.7 Å². The molecule has 1 saturated heterocycles. The number of aliphatic hydroxyl groups is 1. The molecule has 3 nitrogen and oxygen atoms in total. The molecule has 1 fully saturated rings. The molecule has 1 heterocycles. The monoisotopic (exact) mass is 214 g/mol. The van der Waals surface area contributed by atoms with Crippen molar-refractivity contribution in [1.82, 2.24) is 10.2 Å². The molecule has 1 rings (SSSR count). The summed E-state index contributed by atoms with van der Waals surface area (Å²) in [6.45, 7) is 14.5. The summed E-state index contributed by atoms with van der Waals surface area (Å²) in [5, 5.41) is 12.8. The Kier molecular flexibility index (Phi) is 3.80. The van der Waals surface area contributed by atoms with Crippen LogP contribution >= 0.6 is 0 Å². The van der Waals surface area contributed by atoms with Gasteiger partial charge in [-0.3, -0.25) is 4.90 Å². The van der Waals surface area contributed by atoms with E-state index in [1.165, 1.54) is 0 Å². The van der Waals surface area contributed by atoms with Crippen molar-refractivity contribution in [2.75, 3.05) is 26.2 Å². The minimum Gasteiger partial charge on any atom is -0.396 e. The summed E-state index contributed by atoms with van der Waals surface area (Å²) >= 11 is 0. The second-order valence-electron chi connectivity index (χ2n) is 5.88. The molecule has 1 atom stereocenters. The van der Waals surface area contributed by atoms with Gasteiger partial charge in [-0.15, -0.1) is 0 Å². The SMILES string of the molecule is CC(CO)C(C)(C)N1CCNCC1(C)C. The molecule has 0 spiro atoms. The molecule has 1 unspecified atom stereocenters. The van der Waals surface area contributed by atoms with Gasteiger partial charge < -0.3 is 10.4 Å². The maximum absolute atomic E-state index is 9.33. The molecule has 0 aromatic heterocycles. The molecule has 0 radical (unpaired) electrons. The number of nitrogens with zero attached hydrogens (tertiary/aromatic N) is 1. The average molecular weight is 214 g/mol. The summed E-state index contributed by atoms with van der Waals surface area (Å²) in [5.41, 5.74) is 0.228. The van der Waals surface area contributed by atoms with E-state index in [-0.39, 0.29) is 17.7 Å². The van der Waals surface area contributed by atoms with Gasteiger partial charge in [0.05, 0.1) is 0 Å². The Morgan fingerprint density at radius 1 is 1.47 bits per heavy atom. The first-order chi connectivity index (χ1) is 6.82. The third-order valence-corrected chi connectivity index (χ3v) is 3.98. The molecular weight excluding hydrogens is 188 g/mol. The van der Waals surface area contributed by atoms with Gasteiger partial charge in [0.1, 0.15) is 0 Å². The van der Waals surface area contributed by atoms with Gasteiger partial charge in [-0.2, -0.15) is 0 Å². The lowest BCUT2D eigenvalue weighted by molar-refractivity contribution is -0.0421. The fourth-order valence-electron chi connectivity index (χ4n) is 2.54. The van der Waals surface area contributed by atoms with E-state index in [2.05, 4.69) is 44.8 Å². The molecule has 0 bridgehead atoms. The van der Waals surface area contributed by atoms with Gasteiger partial charge in [-0.05, 0) is 33.6 Å². The molecule has 0 saturated carbocycles. The summed E-state index contributed by atoms with van der Waals surface area (Å²) in [5.74, 6) is 0.301. The minimum atomic E-state index is 0.0559. The van der Waals surface area contributed by atoms with Gasteiger partial charge in [0.25, 0.3) is 0 Å². The normalized spacial score (nSPS) is 25.2. The molecule has 0 amide bonds. The summed E-state index contributed by atoms with van der Waals surface area (Å²) in [7, 11) is 0. The van der Waals surface area contributed by atoms with E-state index in [1.807, 2.05) is 0 Å². The molecule has 0 aromatic carbocycles. The van der Waals surface area contributed by atoms with E-state index in [1.54, 1.807) is 0 Å². The Morgan fingerprint density at radius 2 is 2.07 bits per heavy atom. The number of aliphatic hydroxyl groups excluding tert-OH is 1. The lowest BCUT2D eigenvalue weighted by Crippen LogP contribution is -2.66. The first kappa shape index (κ1) is 12.9. The smallest absolute Gasteiger partial charge is 0.0474 e. The van der Waals surface area contributed by atoms with Crippen LogP contribution in [0.1, 0.15) is 34.6 Å². The number of hydrogen-bond donors (Lipinski definition) is 2. The summed E-state index contributed by atoms with van der Waals surface area (Å²) in [6.07, 6.45) is 0. The Morgan fingerprint density at radius 3 is 2.53 bits per heavy atom. The van der Waals surface area contributed by atoms with E-state index in [4.69, 9.17) is 0 Å². The highest BCUT2D eigenvalue weighted by atomic mass is 16.3. The molecule has 3 heteroatoms. The largest absolute Gasteiger partial charge is 0.396 e. The fourth-order valence-corrected chi connectivity index (χ4v) is 2.54. The van der Waals surface area contributed by atoms with Crippen LogP contribution in [0.15, 0.2) is 0 Å². The van der Waals surface area contributed by atoms with E-state index in [0.29, 0.717) is 5.92 Å². The Bertz CT molecular complexity index is 214. The zero-order valence-corrected chi connectivity index (χ0v) is 10.8. The predicted octanol–water partition coefficient (Wildman–Crippen LogP) is 1.08. The van der Waals surface area contributed by atoms with Crippen molar-refractivity contribution in [3.63, 3.8) is 0 Å². The zero-order chi connectivity index (χ0) is 11.7. The van der Waals surface area contributed by atoms with Gasteiger partial charge in [0.2, 0.25) is 0 Å². The first-order valence-electron chi connectivity index (χ1n) is 5.91. The van der Waals surface area contributed by atoms with Crippen molar-refractivity contribution in [3.8, 4) is 0 Å². The molecule has 90 valence electrons. The topological polar surface area (TPSA) is 35.5 Å². The second kappa shape index (κ2) is 4.40. The lowest BCUT2D eigenvalue weighted by Gasteiger charge is -2.53. The van der Waals surface area contributed by atoms with Crippen molar-refractivity contribution >= 4 is 0 Å². The van der Waals surface area contributed by atoms with Gasteiger partial charge in [0.15, 0.2) is 0 Å². The summed E-state index contributed by atoms with van der Waals surface area (Å²) in [6, 6.07) is 0. The highest BCUT2D eigenvalue weighted by Gasteiger charge is 2.41. The molecular formula is C12H26N2O. The van der Waals surface area contributed by atoms with Crippen LogP contribution in [0.2, 0.25) is 0 Å². The lowest BCUT2D eigenvalue weighted by atomic mass is 9.82. The van der Waals surface area contributed by atoms with Crippen molar-refractivity contribution in [3.05, 3.63) is 0 Å². The van der Waals surface area contributed by atoms with Crippen LogP contribution in [0.5, 0.6) is 0 Å². The number of nitrogens with one attached hydrogen (secondary N) is 1. The fraction of sp³-hybridized carbons (Fsp3) is 1.00. The quantitative estimate of drug-likeness (QED) is 0.738. The second-order valence-corrected chi connectivity index (χ2v) is 5.88. The Balaban J connectivity index is 2.84. The maximum Gasteiger partial charge on any atom is 0.0474 e. The highest BCUT2D eigenvalue weighted by molar-refractivity contribution is 4.98. The van der Waals surface area contributed by atoms with E-state index in [9.17, 15) is 5.11 Å². The van der Waals surface area contributed by atoms with Gasteiger partial charge in [-0.25, -0.2) is 0 Å². The Hall–Kier alpha value is -0.120. The Labute approximate surface area is 93.9 Å². The molecule has 0 aromatic rings. The predicted molar refractivity (Wildman–Crippen MR) is 64.0 cm³/mol. The average Bonchev–Trinajstić information content (AvgIpc) is 2.15. The van der Waals surface area contributed by atoms with Crippen LogP contribution in [-0.4, -0.2) is 47.3 Å². The zero-order valence-electron chi connectivity index (χ0n) is 10.8. The van der Waals surface area contributed by atoms with Crippen LogP contribution in [0.25, 0.3) is 0 Å². The van der Waals surface area contributed by atoms with E-state index in [0.717, 1.165) is 19.6 Å². The minimum absolute atomic E-state index is 0.0559. The summed E-state index contributed by atoms with van der Waals surface area (Å²) in [4.78, 5) is 2.53. The van der Waals surface area contributed by atoms with Gasteiger partial charge >= 0.3 is 0 Å². The van der Waals surface area contributed by atoms with Gasteiger partial charge in [-0.1, -0.05) is 6.92 Å². The third-order valence-electron chi connectivity index (χ3n) is 3.98. The number of hydrogen-bond acceptors (Lipinski definition) is 3. The molecule has 15 heavy (non-hydrogen) atoms. The highest BCUT2D eigenvalue weighted by Crippen LogP contribution is 2.31. The van der Waals surface area contributed by atoms with E-state index >= 15 is 0 Å². The third kappa shape index (κ3) is 2.52. The number of rotatable bonds is 3. The van der Waals surface area contributed by atoms with Crippen LogP contribution in [0.3, 0.4) is 0 Å². The van der Waals surface area contributed by atoms with Crippen molar-refractivity contribution in [1.29, 1.82) is 0 Å². The standard InChI is InChI=1S/C12H26N2O/c1-10(8-15)12(4,5)14-7-6-13-9-11(14,2)3/h10,13,15H,6-9H2,1-5H3. The van der Waals surface area contributed by atoms with Crippen LogP contribution in [0, 0.1) is 5.92 Å². The van der Waals surface area contributed by atoms with Crippen LogP contribution < -0.4 is 5.32 Å². The number of piperazine rings is 1. The maximum atomic E-state index is 9.33. The van der Waals surface area contributed by atoms with Crippen LogP contribution in [-0.2, 0) is 0 Å². The van der Waals surface area contributed by atoms with E-state index < -0.39 is 0 Å². The first-order valence-corrected chi connectivity index (χ1v) is 5.91. The van der Waals surface area contributed by atoms with Gasteiger partial charge in [0, 0.05) is 37.3 Å². The molecule has 1 aliphatic rings. The molecule has 0 aliphatic carbocycles. The molecule has 2 N–H and O–H groups in total.